The number of rotatable bonds is 17. The van der Waals surface area contributed by atoms with Crippen molar-refractivity contribution in [1.29, 1.82) is 0 Å². The van der Waals surface area contributed by atoms with E-state index in [1.807, 2.05) is 6.92 Å². The van der Waals surface area contributed by atoms with Crippen LogP contribution in [0.2, 0.25) is 0 Å². The lowest BCUT2D eigenvalue weighted by Gasteiger charge is -2.29. The molecule has 1 aromatic rings. The van der Waals surface area contributed by atoms with E-state index in [0.717, 1.165) is 6.42 Å². The molecule has 0 radical (unpaired) electrons. The monoisotopic (exact) mass is 739 g/mol. The quantitative estimate of drug-likeness (QED) is 0.0581. The van der Waals surface area contributed by atoms with E-state index >= 15 is 0 Å². The molecule has 3 rings (SSSR count). The van der Waals surface area contributed by atoms with E-state index in [1.54, 1.807) is 55.1 Å². The van der Waals surface area contributed by atoms with Gasteiger partial charge in [-0.2, -0.15) is 0 Å². The number of aromatic hydroxyl groups is 1. The molecular formula is C36H49N7O10. The van der Waals surface area contributed by atoms with Gasteiger partial charge in [-0.3, -0.25) is 19.2 Å². The van der Waals surface area contributed by atoms with Crippen molar-refractivity contribution in [3.63, 3.8) is 0 Å². The zero-order valence-corrected chi connectivity index (χ0v) is 30.5. The number of benzene rings is 1. The average molecular weight is 740 g/mol. The molecule has 0 saturated carbocycles. The number of phenolic OH excluding ortho intramolecular Hbond substituents is 1. The van der Waals surface area contributed by atoms with Gasteiger partial charge in [-0.1, -0.05) is 38.0 Å². The molecule has 0 spiro atoms. The predicted octanol–water partition coefficient (Wildman–Crippen LogP) is 2.12. The fourth-order valence-electron chi connectivity index (χ4n) is 5.20. The van der Waals surface area contributed by atoms with Crippen LogP contribution in [0, 0.1) is 0 Å². The molecule has 288 valence electrons. The first kappa shape index (κ1) is 41.6. The fraction of sp³-hybridized carbons (Fsp3) is 0.444. The Morgan fingerprint density at radius 3 is 2.28 bits per heavy atom. The molecule has 17 nitrogen and oxygen atoms in total. The van der Waals surface area contributed by atoms with E-state index in [9.17, 15) is 33.9 Å². The van der Waals surface area contributed by atoms with Gasteiger partial charge >= 0.3 is 18.0 Å². The summed E-state index contributed by atoms with van der Waals surface area (Å²) in [7, 11) is 0. The normalized spacial score (nSPS) is 15.6. The maximum Gasteiger partial charge on any atom is 0.408 e. The number of allylic oxidation sites excluding steroid dienone is 2. The van der Waals surface area contributed by atoms with Gasteiger partial charge in [0.15, 0.2) is 6.23 Å². The van der Waals surface area contributed by atoms with Gasteiger partial charge in [0.2, 0.25) is 17.7 Å². The second kappa shape index (κ2) is 19.1. The van der Waals surface area contributed by atoms with Crippen LogP contribution in [0.25, 0.3) is 0 Å². The molecule has 17 heteroatoms. The molecule has 2 heterocycles. The number of ether oxygens (including phenoxy) is 2. The van der Waals surface area contributed by atoms with Crippen LogP contribution < -0.4 is 32.5 Å². The first-order chi connectivity index (χ1) is 25.0. The topological polar surface area (TPSA) is 245 Å². The highest BCUT2D eigenvalue weighted by Crippen LogP contribution is 2.30. The van der Waals surface area contributed by atoms with Crippen molar-refractivity contribution in [2.75, 3.05) is 11.4 Å². The summed E-state index contributed by atoms with van der Waals surface area (Å²) in [5, 5.41) is 15.3. The minimum absolute atomic E-state index is 0.0988. The Morgan fingerprint density at radius 2 is 1.64 bits per heavy atom. The second-order valence-corrected chi connectivity index (χ2v) is 13.3. The third kappa shape index (κ3) is 13.3. The Morgan fingerprint density at radius 1 is 0.981 bits per heavy atom. The number of alkyl carbamates (subject to hydrolysis) is 1. The van der Waals surface area contributed by atoms with Gasteiger partial charge in [-0.25, -0.2) is 9.59 Å². The number of amides is 4. The summed E-state index contributed by atoms with van der Waals surface area (Å²) in [5.41, 5.74) is 13.8. The predicted molar refractivity (Wildman–Crippen MR) is 192 cm³/mol. The lowest BCUT2D eigenvalue weighted by molar-refractivity contribution is -0.172. The Kier molecular flexibility index (Phi) is 15.0. The molecule has 3 atom stereocenters. The summed E-state index contributed by atoms with van der Waals surface area (Å²) in [4.78, 5) is 83.8. The molecule has 4 amide bonds. The van der Waals surface area contributed by atoms with Crippen molar-refractivity contribution < 1.29 is 48.2 Å². The Labute approximate surface area is 308 Å². The highest BCUT2D eigenvalue weighted by Gasteiger charge is 2.29. The van der Waals surface area contributed by atoms with Crippen LogP contribution in [0.15, 0.2) is 66.3 Å². The maximum atomic E-state index is 13.4. The van der Waals surface area contributed by atoms with Crippen molar-refractivity contribution in [3.8, 4) is 5.75 Å². The van der Waals surface area contributed by atoms with Crippen LogP contribution in [0.5, 0.6) is 5.75 Å². The van der Waals surface area contributed by atoms with Gasteiger partial charge in [-0.05, 0) is 58.6 Å². The minimum atomic E-state index is -1.36. The van der Waals surface area contributed by atoms with Crippen LogP contribution in [-0.4, -0.2) is 76.2 Å². The molecule has 0 aromatic heterocycles. The Balaban J connectivity index is 1.67. The summed E-state index contributed by atoms with van der Waals surface area (Å²) in [6.07, 6.45) is 10.1. The molecule has 2 aliphatic rings. The molecule has 8 N–H and O–H groups in total. The molecule has 1 aromatic carbocycles. The number of anilines is 1. The molecular weight excluding hydrogens is 690 g/mol. The molecule has 0 bridgehead atoms. The van der Waals surface area contributed by atoms with E-state index in [0.29, 0.717) is 48.1 Å². The third-order valence-electron chi connectivity index (χ3n) is 7.73. The number of hydrogen-bond acceptors (Lipinski definition) is 13. The zero-order valence-electron chi connectivity index (χ0n) is 30.5. The number of phenols is 1. The molecule has 0 fully saturated rings. The zero-order chi connectivity index (χ0) is 39.3. The van der Waals surface area contributed by atoms with Crippen LogP contribution in [0.4, 0.5) is 10.5 Å². The largest absolute Gasteiger partial charge is 0.508 e. The number of primary amides is 2. The molecule has 3 unspecified atom stereocenters. The molecule has 2 aliphatic heterocycles. The van der Waals surface area contributed by atoms with Gasteiger partial charge in [0, 0.05) is 48.4 Å². The van der Waals surface area contributed by atoms with Gasteiger partial charge < -0.3 is 51.3 Å². The summed E-state index contributed by atoms with van der Waals surface area (Å²) in [6, 6.07) is 2.28. The van der Waals surface area contributed by atoms with E-state index in [4.69, 9.17) is 25.8 Å². The van der Waals surface area contributed by atoms with Gasteiger partial charge in [0.25, 0.3) is 0 Å². The van der Waals surface area contributed by atoms with Crippen molar-refractivity contribution >= 4 is 41.4 Å². The van der Waals surface area contributed by atoms with Gasteiger partial charge in [0.05, 0.1) is 5.69 Å². The van der Waals surface area contributed by atoms with Crippen molar-refractivity contribution in [3.05, 3.63) is 71.9 Å². The highest BCUT2D eigenvalue weighted by atomic mass is 16.7. The van der Waals surface area contributed by atoms with Crippen LogP contribution in [-0.2, 0) is 44.7 Å². The number of esters is 1. The van der Waals surface area contributed by atoms with Crippen molar-refractivity contribution in [2.45, 2.75) is 97.1 Å². The Hall–Kier alpha value is -5.84. The van der Waals surface area contributed by atoms with Gasteiger partial charge in [-0.15, -0.1) is 5.48 Å². The van der Waals surface area contributed by atoms with Crippen LogP contribution in [0.1, 0.15) is 72.3 Å². The van der Waals surface area contributed by atoms with Crippen LogP contribution >= 0.6 is 0 Å². The first-order valence-electron chi connectivity index (χ1n) is 17.1. The molecule has 0 aliphatic carbocycles. The number of unbranched alkanes of at least 4 members (excludes halogenated alkanes) is 1. The van der Waals surface area contributed by atoms with E-state index in [1.165, 1.54) is 37.5 Å². The van der Waals surface area contributed by atoms with E-state index in [2.05, 4.69) is 16.1 Å². The maximum absolute atomic E-state index is 13.4. The van der Waals surface area contributed by atoms with E-state index < -0.39 is 66.2 Å². The minimum Gasteiger partial charge on any atom is -0.508 e. The molecule has 0 saturated heterocycles. The fourth-order valence-corrected chi connectivity index (χ4v) is 5.20. The highest BCUT2D eigenvalue weighted by molar-refractivity contribution is 5.93. The summed E-state index contributed by atoms with van der Waals surface area (Å²) < 4.78 is 10.6. The lowest BCUT2D eigenvalue weighted by Crippen LogP contribution is -2.48. The van der Waals surface area contributed by atoms with E-state index in [-0.39, 0.29) is 12.2 Å². The number of nitrogens with two attached hydrogens (primary N) is 2. The van der Waals surface area contributed by atoms with Crippen LogP contribution in [0.3, 0.4) is 0 Å². The number of hydrogen-bond donors (Lipinski definition) is 6. The summed E-state index contributed by atoms with van der Waals surface area (Å²) in [6.45, 7) is 7.79. The summed E-state index contributed by atoms with van der Waals surface area (Å²) in [5.74, 6) is -3.62. The molecule has 53 heavy (non-hydrogen) atoms. The Bertz CT molecular complexity index is 1660. The number of nitrogens with one attached hydrogen (secondary N) is 3. The van der Waals surface area contributed by atoms with Crippen molar-refractivity contribution in [2.24, 2.45) is 11.5 Å². The standard InChI is InChI=1S/C36H49N7O10/c1-6-7-12-28(42-15-8-10-24(20-42)31(37)46)33(48)39-19-30(45)51-22(2)41-53-34(49)27(40-35(50)52-36(3,4)5)17-23-13-14-26(44)18-29(23)43-16-9-11-25(21-43)32(38)47/h8-9,13-16,18,20-22,27-28,41,44H,6-7,10-12,17,19H2,1-5H3,(H2,37,46)(H2,38,47)(H,39,48)(H,40,50). The van der Waals surface area contributed by atoms with Crippen molar-refractivity contribution in [1.82, 2.24) is 21.0 Å². The number of nitrogens with zero attached hydrogens (tertiary/aromatic N) is 2. The SMILES string of the molecule is CCCCC(C(=O)NCC(=O)OC(C)NOC(=O)C(Cc1ccc(O)cc1N1C=CCC(C(N)=O)=C1)NC(=O)OC(C)(C)C)N1C=CCC(C(N)=O)=C1. The number of carbonyl (C=O) groups excluding carboxylic acids is 6. The number of carbonyl (C=O) groups is 6. The van der Waals surface area contributed by atoms with Gasteiger partial charge in [0.1, 0.15) is 30.0 Å². The third-order valence-corrected chi connectivity index (χ3v) is 7.73. The smallest absolute Gasteiger partial charge is 0.408 e. The summed E-state index contributed by atoms with van der Waals surface area (Å²) >= 11 is 0. The first-order valence-corrected chi connectivity index (χ1v) is 17.1. The number of hydroxylamine groups is 1. The average Bonchev–Trinajstić information content (AvgIpc) is 3.09. The second-order valence-electron chi connectivity index (χ2n) is 13.3. The lowest BCUT2D eigenvalue weighted by atomic mass is 10.0.